The average Bonchev–Trinajstić information content (AvgIpc) is 2.58. The van der Waals surface area contributed by atoms with Crippen LogP contribution in [-0.4, -0.2) is 18.2 Å². The van der Waals surface area contributed by atoms with Gasteiger partial charge in [-0.25, -0.2) is 4.79 Å². The third kappa shape index (κ3) is 4.97. The van der Waals surface area contributed by atoms with E-state index in [4.69, 9.17) is 19.9 Å². The van der Waals surface area contributed by atoms with E-state index in [9.17, 15) is 4.79 Å². The number of hydrogen-bond acceptors (Lipinski definition) is 5. The van der Waals surface area contributed by atoms with E-state index in [1.807, 2.05) is 37.3 Å². The Kier molecular flexibility index (Phi) is 6.04. The van der Waals surface area contributed by atoms with Crippen molar-refractivity contribution in [2.75, 3.05) is 6.61 Å². The molecule has 0 radical (unpaired) electrons. The summed E-state index contributed by atoms with van der Waals surface area (Å²) in [5, 5.41) is 0. The molecule has 2 aromatic rings. The predicted octanol–water partition coefficient (Wildman–Crippen LogP) is 3.97. The molecule has 0 heterocycles. The van der Waals surface area contributed by atoms with Gasteiger partial charge in [0.05, 0.1) is 6.61 Å². The second-order valence-corrected chi connectivity index (χ2v) is 6.21. The number of benzene rings is 2. The molecule has 134 valence electrons. The fourth-order valence-corrected chi connectivity index (χ4v) is 2.25. The topological polar surface area (TPSA) is 70.8 Å². The summed E-state index contributed by atoms with van der Waals surface area (Å²) in [5.41, 5.74) is 6.46. The Morgan fingerprint density at radius 1 is 1.08 bits per heavy atom. The van der Waals surface area contributed by atoms with Gasteiger partial charge in [-0.15, -0.1) is 0 Å². The maximum Gasteiger partial charge on any atom is 0.349 e. The summed E-state index contributed by atoms with van der Waals surface area (Å²) in [6.07, 6.45) is 0. The fourth-order valence-electron chi connectivity index (χ4n) is 2.25. The molecule has 0 fully saturated rings. The summed E-state index contributed by atoms with van der Waals surface area (Å²) >= 11 is 0. The molecule has 2 rings (SSSR count). The third-order valence-electron chi connectivity index (χ3n) is 3.67. The predicted molar refractivity (Wildman–Crippen MR) is 96.9 cm³/mol. The summed E-state index contributed by atoms with van der Waals surface area (Å²) < 4.78 is 16.7. The number of ether oxygens (including phenoxy) is 3. The van der Waals surface area contributed by atoms with E-state index in [0.29, 0.717) is 24.7 Å². The molecule has 0 amide bonds. The van der Waals surface area contributed by atoms with E-state index in [1.165, 1.54) is 0 Å². The van der Waals surface area contributed by atoms with Gasteiger partial charge < -0.3 is 19.9 Å². The number of carbonyl (C=O) groups is 1. The highest BCUT2D eigenvalue weighted by Crippen LogP contribution is 2.30. The zero-order valence-corrected chi connectivity index (χ0v) is 15.2. The van der Waals surface area contributed by atoms with Gasteiger partial charge in [0.25, 0.3) is 0 Å². The van der Waals surface area contributed by atoms with Crippen molar-refractivity contribution in [2.45, 2.75) is 39.8 Å². The molecule has 2 aromatic carbocycles. The van der Waals surface area contributed by atoms with Crippen LogP contribution in [0.4, 0.5) is 0 Å². The Labute approximate surface area is 148 Å². The number of esters is 1. The molecule has 0 saturated heterocycles. The van der Waals surface area contributed by atoms with Gasteiger partial charge in [0.2, 0.25) is 0 Å². The maximum absolute atomic E-state index is 12.0. The van der Waals surface area contributed by atoms with Gasteiger partial charge in [-0.05, 0) is 69.2 Å². The summed E-state index contributed by atoms with van der Waals surface area (Å²) in [4.78, 5) is 12.0. The standard InChI is InChI=1S/C20H25NO4/c1-5-23-19(22)20(3,4)25-18-11-10-17(12-14(18)2)24-16-8-6-15(13-21)7-9-16/h6-12H,5,13,21H2,1-4H3. The van der Waals surface area contributed by atoms with E-state index in [1.54, 1.807) is 32.9 Å². The minimum absolute atomic E-state index is 0.320. The van der Waals surface area contributed by atoms with Gasteiger partial charge in [-0.3, -0.25) is 0 Å². The zero-order valence-electron chi connectivity index (χ0n) is 15.2. The first kappa shape index (κ1) is 18.8. The molecule has 0 atom stereocenters. The molecule has 0 aromatic heterocycles. The molecule has 0 saturated carbocycles. The quantitative estimate of drug-likeness (QED) is 0.770. The summed E-state index contributed by atoms with van der Waals surface area (Å²) in [7, 11) is 0. The number of rotatable bonds is 7. The Hall–Kier alpha value is -2.53. The molecule has 0 aliphatic heterocycles. The fraction of sp³-hybridized carbons (Fsp3) is 0.350. The minimum Gasteiger partial charge on any atom is -0.476 e. The van der Waals surface area contributed by atoms with Crippen LogP contribution in [-0.2, 0) is 16.1 Å². The molecule has 0 spiro atoms. The van der Waals surface area contributed by atoms with Crippen molar-refractivity contribution in [3.8, 4) is 17.2 Å². The Morgan fingerprint density at radius 3 is 2.28 bits per heavy atom. The molecule has 0 bridgehead atoms. The monoisotopic (exact) mass is 343 g/mol. The van der Waals surface area contributed by atoms with Gasteiger partial charge in [-0.1, -0.05) is 12.1 Å². The van der Waals surface area contributed by atoms with Gasteiger partial charge in [0.1, 0.15) is 17.2 Å². The van der Waals surface area contributed by atoms with Gasteiger partial charge >= 0.3 is 5.97 Å². The lowest BCUT2D eigenvalue weighted by molar-refractivity contribution is -0.158. The molecule has 5 nitrogen and oxygen atoms in total. The number of hydrogen-bond donors (Lipinski definition) is 1. The molecule has 0 aliphatic carbocycles. The van der Waals surface area contributed by atoms with Crippen LogP contribution in [0.3, 0.4) is 0 Å². The van der Waals surface area contributed by atoms with Crippen LogP contribution in [0, 0.1) is 6.92 Å². The lowest BCUT2D eigenvalue weighted by atomic mass is 10.1. The van der Waals surface area contributed by atoms with E-state index in [2.05, 4.69) is 0 Å². The molecule has 5 heteroatoms. The van der Waals surface area contributed by atoms with Gasteiger partial charge in [-0.2, -0.15) is 0 Å². The van der Waals surface area contributed by atoms with Crippen molar-refractivity contribution in [2.24, 2.45) is 5.73 Å². The summed E-state index contributed by atoms with van der Waals surface area (Å²) in [5.74, 6) is 1.65. The Bertz CT molecular complexity index is 723. The largest absolute Gasteiger partial charge is 0.476 e. The van der Waals surface area contributed by atoms with E-state index in [0.717, 1.165) is 16.9 Å². The van der Waals surface area contributed by atoms with Crippen molar-refractivity contribution in [1.29, 1.82) is 0 Å². The van der Waals surface area contributed by atoms with Crippen molar-refractivity contribution in [3.05, 3.63) is 53.6 Å². The highest BCUT2D eigenvalue weighted by Gasteiger charge is 2.32. The summed E-state index contributed by atoms with van der Waals surface area (Å²) in [6.45, 7) is 7.87. The zero-order chi connectivity index (χ0) is 18.4. The van der Waals surface area contributed by atoms with Gasteiger partial charge in [0, 0.05) is 6.54 Å². The third-order valence-corrected chi connectivity index (χ3v) is 3.67. The van der Waals surface area contributed by atoms with Crippen LogP contribution in [0.5, 0.6) is 17.2 Å². The highest BCUT2D eigenvalue weighted by atomic mass is 16.6. The normalized spacial score (nSPS) is 11.1. The van der Waals surface area contributed by atoms with Crippen LogP contribution in [0.25, 0.3) is 0 Å². The van der Waals surface area contributed by atoms with Crippen LogP contribution in [0.2, 0.25) is 0 Å². The van der Waals surface area contributed by atoms with Crippen LogP contribution < -0.4 is 15.2 Å². The van der Waals surface area contributed by atoms with E-state index >= 15 is 0 Å². The Balaban J connectivity index is 2.10. The first-order valence-electron chi connectivity index (χ1n) is 8.29. The molecule has 25 heavy (non-hydrogen) atoms. The van der Waals surface area contributed by atoms with E-state index < -0.39 is 11.6 Å². The van der Waals surface area contributed by atoms with Crippen LogP contribution in [0.1, 0.15) is 31.9 Å². The van der Waals surface area contributed by atoms with Crippen molar-refractivity contribution < 1.29 is 19.0 Å². The molecule has 0 aliphatic rings. The number of nitrogens with two attached hydrogens (primary N) is 1. The first-order valence-corrected chi connectivity index (χ1v) is 8.29. The van der Waals surface area contributed by atoms with Crippen LogP contribution in [0.15, 0.2) is 42.5 Å². The van der Waals surface area contributed by atoms with E-state index in [-0.39, 0.29) is 0 Å². The van der Waals surface area contributed by atoms with Crippen molar-refractivity contribution in [1.82, 2.24) is 0 Å². The second-order valence-electron chi connectivity index (χ2n) is 6.21. The van der Waals surface area contributed by atoms with Gasteiger partial charge in [0.15, 0.2) is 5.60 Å². The SMILES string of the molecule is CCOC(=O)C(C)(C)Oc1ccc(Oc2ccc(CN)cc2)cc1C. The smallest absolute Gasteiger partial charge is 0.349 e. The minimum atomic E-state index is -1.05. The Morgan fingerprint density at radius 2 is 1.72 bits per heavy atom. The van der Waals surface area contributed by atoms with Crippen molar-refractivity contribution >= 4 is 5.97 Å². The number of carbonyl (C=O) groups excluding carboxylic acids is 1. The van der Waals surface area contributed by atoms with Crippen LogP contribution >= 0.6 is 0 Å². The second kappa shape index (κ2) is 8.03. The van der Waals surface area contributed by atoms with Crippen molar-refractivity contribution in [3.63, 3.8) is 0 Å². The lowest BCUT2D eigenvalue weighted by Gasteiger charge is -2.25. The molecule has 0 unspecified atom stereocenters. The number of aryl methyl sites for hydroxylation is 1. The molecular weight excluding hydrogens is 318 g/mol. The molecule has 2 N–H and O–H groups in total. The summed E-state index contributed by atoms with van der Waals surface area (Å²) in [6, 6.07) is 13.1. The maximum atomic E-state index is 12.0. The average molecular weight is 343 g/mol. The lowest BCUT2D eigenvalue weighted by Crippen LogP contribution is -2.39. The highest BCUT2D eigenvalue weighted by molar-refractivity contribution is 5.79. The molecular formula is C20H25NO4. The first-order chi connectivity index (χ1) is 11.9.